The van der Waals surface area contributed by atoms with E-state index in [0.717, 1.165) is 5.56 Å². The molecule has 0 radical (unpaired) electrons. The molecule has 0 aliphatic rings. The minimum atomic E-state index is -0.413. The number of hydrogen-bond donors (Lipinski definition) is 1. The largest absolute Gasteiger partial charge is 0.337 e. The highest BCUT2D eigenvalue weighted by Crippen LogP contribution is 2.20. The molecule has 0 saturated carbocycles. The van der Waals surface area contributed by atoms with Crippen molar-refractivity contribution in [2.24, 2.45) is 11.7 Å². The minimum Gasteiger partial charge on any atom is -0.337 e. The molecule has 2 heterocycles. The molecule has 2 aromatic carbocycles. The Morgan fingerprint density at radius 2 is 1.94 bits per heavy atom. The predicted octanol–water partition coefficient (Wildman–Crippen LogP) is 3.94. The Balaban J connectivity index is 1.62. The molecular formula is C27H30FN5O2S. The lowest BCUT2D eigenvalue weighted by molar-refractivity contribution is 0.0736. The first-order valence-corrected chi connectivity index (χ1v) is 12.7. The zero-order valence-electron chi connectivity index (χ0n) is 20.7. The summed E-state index contributed by atoms with van der Waals surface area (Å²) in [4.78, 5) is 33.7. The van der Waals surface area contributed by atoms with Gasteiger partial charge in [0.15, 0.2) is 4.83 Å². The SMILES string of the molecule is Cc1ccc(C(=O)N(CCN)CC(C)Cc2nc3snc(C)c3c(=O)n2Cc2ccccc2)cc1F. The lowest BCUT2D eigenvalue weighted by Crippen LogP contribution is -2.39. The molecule has 188 valence electrons. The first-order valence-electron chi connectivity index (χ1n) is 11.9. The van der Waals surface area contributed by atoms with Crippen LogP contribution in [-0.2, 0) is 13.0 Å². The highest BCUT2D eigenvalue weighted by molar-refractivity contribution is 7.12. The smallest absolute Gasteiger partial charge is 0.264 e. The van der Waals surface area contributed by atoms with E-state index in [1.807, 2.05) is 44.2 Å². The fourth-order valence-electron chi connectivity index (χ4n) is 4.29. The van der Waals surface area contributed by atoms with E-state index in [9.17, 15) is 14.0 Å². The van der Waals surface area contributed by atoms with Gasteiger partial charge in [-0.25, -0.2) is 9.37 Å². The monoisotopic (exact) mass is 507 g/mol. The van der Waals surface area contributed by atoms with E-state index < -0.39 is 5.82 Å². The number of carbonyl (C=O) groups is 1. The van der Waals surface area contributed by atoms with Crippen LogP contribution in [0.15, 0.2) is 53.3 Å². The highest BCUT2D eigenvalue weighted by atomic mass is 32.1. The van der Waals surface area contributed by atoms with Crippen molar-refractivity contribution in [1.82, 2.24) is 18.8 Å². The van der Waals surface area contributed by atoms with Crippen LogP contribution in [0.3, 0.4) is 0 Å². The number of rotatable bonds is 9. The van der Waals surface area contributed by atoms with Crippen molar-refractivity contribution < 1.29 is 9.18 Å². The van der Waals surface area contributed by atoms with Crippen LogP contribution in [0, 0.1) is 25.6 Å². The maximum absolute atomic E-state index is 14.1. The number of hydrogen-bond acceptors (Lipinski definition) is 6. The molecule has 2 N–H and O–H groups in total. The number of benzene rings is 2. The minimum absolute atomic E-state index is 0.0313. The van der Waals surface area contributed by atoms with E-state index in [-0.39, 0.29) is 23.9 Å². The van der Waals surface area contributed by atoms with Gasteiger partial charge in [0.05, 0.1) is 17.6 Å². The molecule has 0 aliphatic carbocycles. The van der Waals surface area contributed by atoms with E-state index in [2.05, 4.69) is 4.37 Å². The van der Waals surface area contributed by atoms with Gasteiger partial charge in [0.2, 0.25) is 0 Å². The molecule has 1 amide bonds. The number of nitrogens with zero attached hydrogens (tertiary/aromatic N) is 4. The van der Waals surface area contributed by atoms with Gasteiger partial charge in [0, 0.05) is 31.6 Å². The Labute approximate surface area is 213 Å². The molecule has 7 nitrogen and oxygen atoms in total. The predicted molar refractivity (Wildman–Crippen MR) is 141 cm³/mol. The summed E-state index contributed by atoms with van der Waals surface area (Å²) in [5.74, 6) is -0.0662. The van der Waals surface area contributed by atoms with E-state index in [1.165, 1.54) is 17.6 Å². The van der Waals surface area contributed by atoms with Gasteiger partial charge < -0.3 is 10.6 Å². The number of aryl methyl sites for hydroxylation is 2. The van der Waals surface area contributed by atoms with E-state index >= 15 is 0 Å². The summed E-state index contributed by atoms with van der Waals surface area (Å²) in [6, 6.07) is 14.3. The van der Waals surface area contributed by atoms with E-state index in [4.69, 9.17) is 10.7 Å². The molecule has 36 heavy (non-hydrogen) atoms. The topological polar surface area (TPSA) is 94.1 Å². The fraction of sp³-hybridized carbons (Fsp3) is 0.333. The van der Waals surface area contributed by atoms with Crippen LogP contribution >= 0.6 is 11.5 Å². The second-order valence-electron chi connectivity index (χ2n) is 9.17. The van der Waals surface area contributed by atoms with Gasteiger partial charge >= 0.3 is 0 Å². The van der Waals surface area contributed by atoms with Crippen molar-refractivity contribution in [3.05, 3.63) is 92.9 Å². The van der Waals surface area contributed by atoms with E-state index in [0.29, 0.717) is 58.9 Å². The van der Waals surface area contributed by atoms with Gasteiger partial charge in [-0.3, -0.25) is 14.2 Å². The fourth-order valence-corrected chi connectivity index (χ4v) is 5.07. The standard InChI is InChI=1S/C27H30FN5O2S/c1-17(15-32(12-11-29)26(34)21-10-9-18(2)22(28)14-21)13-23-30-25-24(19(3)31-36-25)27(35)33(23)16-20-7-5-4-6-8-20/h4-10,14,17H,11-13,15-16,29H2,1-3H3. The van der Waals surface area contributed by atoms with Gasteiger partial charge in [0.25, 0.3) is 11.5 Å². The zero-order chi connectivity index (χ0) is 25.8. The van der Waals surface area contributed by atoms with Gasteiger partial charge in [-0.1, -0.05) is 43.3 Å². The molecule has 1 unspecified atom stereocenters. The molecule has 0 saturated heterocycles. The summed E-state index contributed by atoms with van der Waals surface area (Å²) in [6.45, 7) is 6.91. The highest BCUT2D eigenvalue weighted by Gasteiger charge is 2.22. The Hall–Kier alpha value is -3.43. The van der Waals surface area contributed by atoms with Gasteiger partial charge in [-0.05, 0) is 54.6 Å². The third-order valence-corrected chi connectivity index (χ3v) is 7.03. The van der Waals surface area contributed by atoms with Crippen molar-refractivity contribution in [2.75, 3.05) is 19.6 Å². The van der Waals surface area contributed by atoms with Crippen LogP contribution in [0.4, 0.5) is 4.39 Å². The number of nitrogens with two attached hydrogens (primary N) is 1. The quantitative estimate of drug-likeness (QED) is 0.370. The van der Waals surface area contributed by atoms with Gasteiger partial charge in [-0.15, -0.1) is 0 Å². The first kappa shape index (κ1) is 25.7. The Morgan fingerprint density at radius 3 is 2.64 bits per heavy atom. The summed E-state index contributed by atoms with van der Waals surface area (Å²) in [6.07, 6.45) is 0.478. The summed E-state index contributed by atoms with van der Waals surface area (Å²) in [5, 5.41) is 0.550. The molecule has 9 heteroatoms. The third kappa shape index (κ3) is 5.52. The summed E-state index contributed by atoms with van der Waals surface area (Å²) >= 11 is 1.22. The number of halogens is 1. The lowest BCUT2D eigenvalue weighted by Gasteiger charge is -2.26. The molecule has 4 aromatic rings. The average molecular weight is 508 g/mol. The first-order chi connectivity index (χ1) is 17.3. The molecule has 0 spiro atoms. The molecule has 2 aromatic heterocycles. The van der Waals surface area contributed by atoms with Crippen molar-refractivity contribution >= 4 is 27.7 Å². The third-order valence-electron chi connectivity index (χ3n) is 6.20. The molecular weight excluding hydrogens is 477 g/mol. The Bertz CT molecular complexity index is 1430. The Morgan fingerprint density at radius 1 is 1.19 bits per heavy atom. The average Bonchev–Trinajstić information content (AvgIpc) is 3.23. The summed E-state index contributed by atoms with van der Waals surface area (Å²) in [7, 11) is 0. The molecule has 0 fully saturated rings. The van der Waals surface area contributed by atoms with Crippen LogP contribution in [0.2, 0.25) is 0 Å². The van der Waals surface area contributed by atoms with Crippen molar-refractivity contribution in [3.8, 4) is 0 Å². The van der Waals surface area contributed by atoms with Gasteiger partial charge in [-0.2, -0.15) is 4.37 Å². The lowest BCUT2D eigenvalue weighted by atomic mass is 10.0. The van der Waals surface area contributed by atoms with Crippen LogP contribution in [0.5, 0.6) is 0 Å². The summed E-state index contributed by atoms with van der Waals surface area (Å²) < 4.78 is 20.1. The maximum atomic E-state index is 14.1. The molecule has 4 rings (SSSR count). The molecule has 0 bridgehead atoms. The molecule has 1 atom stereocenters. The second kappa shape index (κ2) is 11.1. The maximum Gasteiger partial charge on any atom is 0.264 e. The summed E-state index contributed by atoms with van der Waals surface area (Å²) in [5.41, 5.74) is 8.14. The van der Waals surface area contributed by atoms with Crippen molar-refractivity contribution in [3.63, 3.8) is 0 Å². The normalized spacial score (nSPS) is 12.1. The van der Waals surface area contributed by atoms with Crippen LogP contribution in [0.25, 0.3) is 10.2 Å². The number of fused-ring (bicyclic) bond motifs is 1. The number of aromatic nitrogens is 3. The second-order valence-corrected chi connectivity index (χ2v) is 9.92. The number of amides is 1. The number of carbonyl (C=O) groups excluding carboxylic acids is 1. The van der Waals surface area contributed by atoms with Crippen molar-refractivity contribution in [1.29, 1.82) is 0 Å². The zero-order valence-corrected chi connectivity index (χ0v) is 21.5. The van der Waals surface area contributed by atoms with E-state index in [1.54, 1.807) is 28.5 Å². The van der Waals surface area contributed by atoms with Crippen LogP contribution in [0.1, 0.15) is 39.9 Å². The van der Waals surface area contributed by atoms with Crippen molar-refractivity contribution in [2.45, 2.75) is 33.7 Å². The van der Waals surface area contributed by atoms with Crippen LogP contribution < -0.4 is 11.3 Å². The van der Waals surface area contributed by atoms with Crippen LogP contribution in [-0.4, -0.2) is 44.4 Å². The Kier molecular flexibility index (Phi) is 7.91. The molecule has 0 aliphatic heterocycles. The van der Waals surface area contributed by atoms with Gasteiger partial charge in [0.1, 0.15) is 11.6 Å².